The maximum atomic E-state index is 12.3. The Labute approximate surface area is 133 Å². The fourth-order valence-electron chi connectivity index (χ4n) is 1.97. The van der Waals surface area contributed by atoms with Gasteiger partial charge in [-0.3, -0.25) is 14.9 Å². The molecule has 6 nitrogen and oxygen atoms in total. The van der Waals surface area contributed by atoms with E-state index in [-0.39, 0.29) is 11.3 Å². The SMILES string of the molecule is O=C(Nc1ccc(Cl)c2ncsc12)c1cccc([N+](=O)[O-])c1. The average molecular weight is 334 g/mol. The van der Waals surface area contributed by atoms with Crippen LogP contribution in [0.25, 0.3) is 10.2 Å². The molecule has 0 saturated heterocycles. The summed E-state index contributed by atoms with van der Waals surface area (Å²) in [6.45, 7) is 0. The number of thiazole rings is 1. The molecule has 0 aliphatic heterocycles. The summed E-state index contributed by atoms with van der Waals surface area (Å²) in [5, 5.41) is 14.0. The van der Waals surface area contributed by atoms with E-state index in [2.05, 4.69) is 10.3 Å². The highest BCUT2D eigenvalue weighted by molar-refractivity contribution is 7.17. The zero-order chi connectivity index (χ0) is 15.7. The number of carbonyl (C=O) groups excluding carboxylic acids is 1. The third-order valence-electron chi connectivity index (χ3n) is 3.00. The van der Waals surface area contributed by atoms with E-state index < -0.39 is 10.8 Å². The second kappa shape index (κ2) is 5.70. The largest absolute Gasteiger partial charge is 0.321 e. The molecule has 2 aromatic carbocycles. The first-order chi connectivity index (χ1) is 10.6. The van der Waals surface area contributed by atoms with Crippen LogP contribution in [0.5, 0.6) is 0 Å². The van der Waals surface area contributed by atoms with Gasteiger partial charge in [-0.2, -0.15) is 0 Å². The van der Waals surface area contributed by atoms with Gasteiger partial charge < -0.3 is 5.32 Å². The molecule has 3 rings (SSSR count). The molecule has 0 bridgehead atoms. The van der Waals surface area contributed by atoms with Gasteiger partial charge in [-0.15, -0.1) is 11.3 Å². The van der Waals surface area contributed by atoms with Crippen LogP contribution >= 0.6 is 22.9 Å². The maximum absolute atomic E-state index is 12.3. The minimum Gasteiger partial charge on any atom is -0.321 e. The number of nitrogens with zero attached hydrogens (tertiary/aromatic N) is 2. The van der Waals surface area contributed by atoms with E-state index in [4.69, 9.17) is 11.6 Å². The Hall–Kier alpha value is -2.51. The normalized spacial score (nSPS) is 10.6. The molecule has 1 heterocycles. The molecule has 1 amide bonds. The van der Waals surface area contributed by atoms with Crippen molar-refractivity contribution >= 4 is 50.4 Å². The van der Waals surface area contributed by atoms with E-state index in [1.54, 1.807) is 17.6 Å². The minimum atomic E-state index is -0.541. The van der Waals surface area contributed by atoms with Crippen LogP contribution in [-0.4, -0.2) is 15.8 Å². The number of nitrogens with one attached hydrogen (secondary N) is 1. The Balaban J connectivity index is 1.93. The standard InChI is InChI=1S/C14H8ClN3O3S/c15-10-4-5-11(13-12(10)16-7-22-13)17-14(19)8-2-1-3-9(6-8)18(20)21/h1-7H,(H,17,19). The van der Waals surface area contributed by atoms with Gasteiger partial charge in [0.2, 0.25) is 0 Å². The van der Waals surface area contributed by atoms with Crippen molar-refractivity contribution in [3.63, 3.8) is 0 Å². The van der Waals surface area contributed by atoms with Gasteiger partial charge in [0.1, 0.15) is 5.52 Å². The van der Waals surface area contributed by atoms with Gasteiger partial charge in [0.15, 0.2) is 0 Å². The predicted molar refractivity (Wildman–Crippen MR) is 85.7 cm³/mol. The lowest BCUT2D eigenvalue weighted by atomic mass is 10.2. The first-order valence-corrected chi connectivity index (χ1v) is 7.39. The Morgan fingerprint density at radius 1 is 1.32 bits per heavy atom. The lowest BCUT2D eigenvalue weighted by Crippen LogP contribution is -2.12. The number of non-ortho nitro benzene ring substituents is 1. The van der Waals surface area contributed by atoms with E-state index in [1.165, 1.54) is 35.6 Å². The van der Waals surface area contributed by atoms with Crippen LogP contribution in [0.1, 0.15) is 10.4 Å². The first kappa shape index (κ1) is 14.4. The highest BCUT2D eigenvalue weighted by atomic mass is 35.5. The zero-order valence-corrected chi connectivity index (χ0v) is 12.5. The highest BCUT2D eigenvalue weighted by Gasteiger charge is 2.14. The number of nitro groups is 1. The van der Waals surface area contributed by atoms with E-state index in [9.17, 15) is 14.9 Å². The van der Waals surface area contributed by atoms with Crippen LogP contribution in [-0.2, 0) is 0 Å². The van der Waals surface area contributed by atoms with Crippen molar-refractivity contribution in [2.45, 2.75) is 0 Å². The molecule has 0 aliphatic carbocycles. The van der Waals surface area contributed by atoms with Gasteiger partial charge in [0.05, 0.1) is 25.8 Å². The summed E-state index contributed by atoms with van der Waals surface area (Å²) in [5.74, 6) is -0.430. The molecule has 0 saturated carbocycles. The van der Waals surface area contributed by atoms with Crippen LogP contribution in [0.2, 0.25) is 5.02 Å². The first-order valence-electron chi connectivity index (χ1n) is 6.14. The number of hydrogen-bond acceptors (Lipinski definition) is 5. The number of nitro benzene ring substituents is 1. The van der Waals surface area contributed by atoms with Gasteiger partial charge in [-0.1, -0.05) is 17.7 Å². The number of aromatic nitrogens is 1. The number of carbonyl (C=O) groups is 1. The number of hydrogen-bond donors (Lipinski definition) is 1. The quantitative estimate of drug-likeness (QED) is 0.577. The molecular weight excluding hydrogens is 326 g/mol. The number of benzene rings is 2. The Morgan fingerprint density at radius 3 is 2.91 bits per heavy atom. The van der Waals surface area contributed by atoms with Crippen LogP contribution in [0, 0.1) is 10.1 Å². The third-order valence-corrected chi connectivity index (χ3v) is 4.17. The van der Waals surface area contributed by atoms with Gasteiger partial charge in [-0.05, 0) is 18.2 Å². The third kappa shape index (κ3) is 2.63. The van der Waals surface area contributed by atoms with Crippen LogP contribution in [0.3, 0.4) is 0 Å². The van der Waals surface area contributed by atoms with Crippen molar-refractivity contribution in [3.05, 3.63) is 62.6 Å². The number of amides is 1. The summed E-state index contributed by atoms with van der Waals surface area (Å²) in [4.78, 5) is 26.6. The zero-order valence-electron chi connectivity index (χ0n) is 10.9. The molecule has 0 aliphatic rings. The fourth-order valence-corrected chi connectivity index (χ4v) is 3.02. The maximum Gasteiger partial charge on any atom is 0.270 e. The molecule has 1 N–H and O–H groups in total. The topological polar surface area (TPSA) is 85.1 Å². The molecular formula is C14H8ClN3O3S. The van der Waals surface area contributed by atoms with Crippen LogP contribution in [0.15, 0.2) is 41.9 Å². The minimum absolute atomic E-state index is 0.133. The van der Waals surface area contributed by atoms with Crippen molar-refractivity contribution in [2.24, 2.45) is 0 Å². The van der Waals surface area contributed by atoms with Gasteiger partial charge >= 0.3 is 0 Å². The van der Waals surface area contributed by atoms with Crippen LogP contribution < -0.4 is 5.32 Å². The van der Waals surface area contributed by atoms with Crippen molar-refractivity contribution in [3.8, 4) is 0 Å². The molecule has 0 unspecified atom stereocenters. The molecule has 1 aromatic heterocycles. The summed E-state index contributed by atoms with van der Waals surface area (Å²) in [6, 6.07) is 8.87. The van der Waals surface area contributed by atoms with E-state index >= 15 is 0 Å². The molecule has 110 valence electrons. The molecule has 3 aromatic rings. The molecule has 0 fully saturated rings. The van der Waals surface area contributed by atoms with Crippen molar-refractivity contribution < 1.29 is 9.72 Å². The predicted octanol–water partition coefficient (Wildman–Crippen LogP) is 4.11. The van der Waals surface area contributed by atoms with Crippen molar-refractivity contribution in [1.29, 1.82) is 0 Å². The number of fused-ring (bicyclic) bond motifs is 1. The summed E-state index contributed by atoms with van der Waals surface area (Å²) in [5.41, 5.74) is 2.90. The lowest BCUT2D eigenvalue weighted by molar-refractivity contribution is -0.384. The molecule has 0 spiro atoms. The number of rotatable bonds is 3. The van der Waals surface area contributed by atoms with Gasteiger partial charge in [-0.25, -0.2) is 4.98 Å². The van der Waals surface area contributed by atoms with Crippen LogP contribution in [0.4, 0.5) is 11.4 Å². The molecule has 22 heavy (non-hydrogen) atoms. The monoisotopic (exact) mass is 333 g/mol. The van der Waals surface area contributed by atoms with E-state index in [0.29, 0.717) is 16.2 Å². The summed E-state index contributed by atoms with van der Waals surface area (Å²) in [6.07, 6.45) is 0. The Bertz CT molecular complexity index is 894. The molecule has 8 heteroatoms. The number of halogens is 1. The average Bonchev–Trinajstić information content (AvgIpc) is 3.01. The highest BCUT2D eigenvalue weighted by Crippen LogP contribution is 2.32. The van der Waals surface area contributed by atoms with E-state index in [1.807, 2.05) is 0 Å². The second-order valence-corrected chi connectivity index (χ2v) is 5.65. The Morgan fingerprint density at radius 2 is 2.14 bits per heavy atom. The molecule has 0 atom stereocenters. The molecule has 0 radical (unpaired) electrons. The van der Waals surface area contributed by atoms with E-state index in [0.717, 1.165) is 4.70 Å². The lowest BCUT2D eigenvalue weighted by Gasteiger charge is -2.06. The fraction of sp³-hybridized carbons (Fsp3) is 0. The van der Waals surface area contributed by atoms with Crippen molar-refractivity contribution in [1.82, 2.24) is 4.98 Å². The second-order valence-electron chi connectivity index (χ2n) is 4.39. The van der Waals surface area contributed by atoms with Crippen molar-refractivity contribution in [2.75, 3.05) is 5.32 Å². The van der Waals surface area contributed by atoms with Gasteiger partial charge in [0.25, 0.3) is 11.6 Å². The Kier molecular flexibility index (Phi) is 3.74. The van der Waals surface area contributed by atoms with Gasteiger partial charge in [0, 0.05) is 17.7 Å². The number of anilines is 1. The summed E-state index contributed by atoms with van der Waals surface area (Å²) < 4.78 is 0.756. The summed E-state index contributed by atoms with van der Waals surface area (Å²) >= 11 is 7.39. The summed E-state index contributed by atoms with van der Waals surface area (Å²) in [7, 11) is 0. The smallest absolute Gasteiger partial charge is 0.270 e.